The average molecular weight is 464 g/mol. The molecule has 3 aromatic carbocycles. The lowest BCUT2D eigenvalue weighted by atomic mass is 9.95. The molecule has 1 saturated heterocycles. The number of hydrazone groups is 1. The molecule has 1 fully saturated rings. The largest absolute Gasteiger partial charge is 0.289 e. The first-order valence-corrected chi connectivity index (χ1v) is 11.5. The van der Waals surface area contributed by atoms with E-state index in [2.05, 4.69) is 0 Å². The van der Waals surface area contributed by atoms with Crippen LogP contribution in [0.3, 0.4) is 0 Å². The Kier molecular flexibility index (Phi) is 5.45. The molecular weight excluding hydrogens is 446 g/mol. The second-order valence-corrected chi connectivity index (χ2v) is 8.98. The average Bonchev–Trinajstić information content (AvgIpc) is 3.38. The van der Waals surface area contributed by atoms with E-state index in [-0.39, 0.29) is 24.2 Å². The quantitative estimate of drug-likeness (QED) is 0.553. The van der Waals surface area contributed by atoms with Crippen LogP contribution in [0.5, 0.6) is 0 Å². The van der Waals surface area contributed by atoms with Gasteiger partial charge < -0.3 is 0 Å². The number of halogens is 1. The van der Waals surface area contributed by atoms with Crippen LogP contribution in [0.2, 0.25) is 5.02 Å². The number of fused-ring (bicyclic) bond motifs is 1. The number of carbonyl (C=O) groups excluding carboxylic acids is 3. The summed E-state index contributed by atoms with van der Waals surface area (Å²) in [6, 6.07) is 21.0. The normalized spacial score (nSPS) is 18.5. The maximum Gasteiger partial charge on any atom is 0.289 e. The summed E-state index contributed by atoms with van der Waals surface area (Å²) in [5, 5.41) is 8.45. The molecular formula is C24H18ClN3O3S. The third-order valence-corrected chi connectivity index (χ3v) is 6.77. The van der Waals surface area contributed by atoms with E-state index in [1.807, 2.05) is 54.6 Å². The van der Waals surface area contributed by atoms with Crippen molar-refractivity contribution in [1.82, 2.24) is 9.91 Å². The first-order chi connectivity index (χ1) is 15.5. The maximum atomic E-state index is 13.2. The number of thioether (sulfide) groups is 1. The zero-order valence-corrected chi connectivity index (χ0v) is 18.5. The number of imide groups is 1. The smallest absolute Gasteiger partial charge is 0.273 e. The number of rotatable bonds is 4. The van der Waals surface area contributed by atoms with E-state index in [0.717, 1.165) is 44.3 Å². The number of hydrogen-bond donors (Lipinski definition) is 0. The van der Waals surface area contributed by atoms with E-state index in [0.29, 0.717) is 11.4 Å². The third kappa shape index (κ3) is 3.78. The van der Waals surface area contributed by atoms with E-state index in [9.17, 15) is 14.4 Å². The summed E-state index contributed by atoms with van der Waals surface area (Å²) >= 11 is 6.97. The molecule has 0 radical (unpaired) electrons. The Morgan fingerprint density at radius 1 is 1.03 bits per heavy atom. The molecule has 160 valence electrons. The van der Waals surface area contributed by atoms with Crippen LogP contribution in [0.15, 0.2) is 71.8 Å². The summed E-state index contributed by atoms with van der Waals surface area (Å²) in [4.78, 5) is 38.2. The van der Waals surface area contributed by atoms with Crippen LogP contribution >= 0.6 is 23.4 Å². The number of amides is 3. The maximum absolute atomic E-state index is 13.2. The van der Waals surface area contributed by atoms with E-state index in [4.69, 9.17) is 16.7 Å². The van der Waals surface area contributed by atoms with Crippen LogP contribution in [0, 0.1) is 0 Å². The molecule has 0 aliphatic carbocycles. The van der Waals surface area contributed by atoms with Gasteiger partial charge in [0.15, 0.2) is 0 Å². The van der Waals surface area contributed by atoms with Crippen molar-refractivity contribution in [3.63, 3.8) is 0 Å². The fourth-order valence-electron chi connectivity index (χ4n) is 4.07. The van der Waals surface area contributed by atoms with Gasteiger partial charge in [0, 0.05) is 17.0 Å². The molecule has 3 aromatic rings. The highest BCUT2D eigenvalue weighted by Crippen LogP contribution is 2.35. The predicted octanol–water partition coefficient (Wildman–Crippen LogP) is 4.87. The van der Waals surface area contributed by atoms with Crippen LogP contribution in [-0.2, 0) is 9.59 Å². The monoisotopic (exact) mass is 463 g/mol. The fraction of sp³-hybridized carbons (Fsp3) is 0.167. The molecule has 3 amide bonds. The number of carbonyl (C=O) groups is 3. The minimum absolute atomic E-state index is 0.0667. The second-order valence-electron chi connectivity index (χ2n) is 7.62. The topological polar surface area (TPSA) is 70.1 Å². The van der Waals surface area contributed by atoms with Crippen molar-refractivity contribution in [3.05, 3.63) is 82.9 Å². The van der Waals surface area contributed by atoms with Crippen molar-refractivity contribution in [2.75, 3.05) is 12.3 Å². The highest BCUT2D eigenvalue weighted by Gasteiger charge is 2.38. The molecule has 2 aliphatic heterocycles. The van der Waals surface area contributed by atoms with E-state index in [1.54, 1.807) is 12.1 Å². The standard InChI is InChI=1S/C24H18ClN3O3S/c25-17-10-8-16(9-11-17)21-12-20(19-7-3-5-15-4-1-2-6-18(15)19)26-28(21)22(29)13-27-23(30)14-32-24(27)31/h1-11,21H,12-14H2. The third-order valence-electron chi connectivity index (χ3n) is 5.66. The minimum Gasteiger partial charge on any atom is -0.273 e. The van der Waals surface area contributed by atoms with Crippen LogP contribution in [0.25, 0.3) is 10.8 Å². The van der Waals surface area contributed by atoms with Gasteiger partial charge in [-0.3, -0.25) is 19.3 Å². The number of benzene rings is 3. The van der Waals surface area contributed by atoms with Crippen LogP contribution < -0.4 is 0 Å². The predicted molar refractivity (Wildman–Crippen MR) is 126 cm³/mol. The molecule has 1 unspecified atom stereocenters. The van der Waals surface area contributed by atoms with Gasteiger partial charge in [-0.05, 0) is 28.5 Å². The highest BCUT2D eigenvalue weighted by atomic mass is 35.5. The Bertz CT molecular complexity index is 1250. The summed E-state index contributed by atoms with van der Waals surface area (Å²) < 4.78 is 0. The summed E-state index contributed by atoms with van der Waals surface area (Å²) in [5.74, 6) is -0.685. The van der Waals surface area contributed by atoms with Gasteiger partial charge in [-0.2, -0.15) is 5.10 Å². The van der Waals surface area contributed by atoms with Gasteiger partial charge in [0.1, 0.15) is 6.54 Å². The van der Waals surface area contributed by atoms with Gasteiger partial charge in [-0.25, -0.2) is 5.01 Å². The summed E-state index contributed by atoms with van der Waals surface area (Å²) in [7, 11) is 0. The molecule has 5 rings (SSSR count). The summed E-state index contributed by atoms with van der Waals surface area (Å²) in [6.45, 7) is -0.318. The molecule has 32 heavy (non-hydrogen) atoms. The Morgan fingerprint density at radius 2 is 1.78 bits per heavy atom. The van der Waals surface area contributed by atoms with E-state index < -0.39 is 11.1 Å². The van der Waals surface area contributed by atoms with Crippen LogP contribution in [0.1, 0.15) is 23.6 Å². The molecule has 1 atom stereocenters. The minimum atomic E-state index is -0.399. The number of nitrogens with zero attached hydrogens (tertiary/aromatic N) is 3. The molecule has 6 nitrogen and oxygen atoms in total. The van der Waals surface area contributed by atoms with Crippen LogP contribution in [0.4, 0.5) is 4.79 Å². The van der Waals surface area contributed by atoms with Crippen molar-refractivity contribution in [1.29, 1.82) is 0 Å². The Hall–Kier alpha value is -3.16. The zero-order valence-electron chi connectivity index (χ0n) is 16.9. The zero-order chi connectivity index (χ0) is 22.2. The van der Waals surface area contributed by atoms with Crippen molar-refractivity contribution in [2.24, 2.45) is 5.10 Å². The Labute approximate surface area is 193 Å². The van der Waals surface area contributed by atoms with Gasteiger partial charge >= 0.3 is 0 Å². The number of hydrogen-bond acceptors (Lipinski definition) is 5. The summed E-state index contributed by atoms with van der Waals surface area (Å²) in [6.07, 6.45) is 0.512. The molecule has 0 bridgehead atoms. The van der Waals surface area contributed by atoms with Gasteiger partial charge in [0.2, 0.25) is 5.91 Å². The Balaban J connectivity index is 1.52. The van der Waals surface area contributed by atoms with Gasteiger partial charge in [-0.1, -0.05) is 78.0 Å². The van der Waals surface area contributed by atoms with Gasteiger partial charge in [0.05, 0.1) is 17.5 Å². The first kappa shape index (κ1) is 20.7. The van der Waals surface area contributed by atoms with Crippen molar-refractivity contribution in [3.8, 4) is 0 Å². The van der Waals surface area contributed by atoms with E-state index in [1.165, 1.54) is 5.01 Å². The molecule has 0 saturated carbocycles. The molecule has 0 aromatic heterocycles. The lowest BCUT2D eigenvalue weighted by Gasteiger charge is -2.23. The molecule has 2 aliphatic rings. The van der Waals surface area contributed by atoms with E-state index >= 15 is 0 Å². The SMILES string of the molecule is O=C1CSC(=O)N1CC(=O)N1N=C(c2cccc3ccccc23)CC1c1ccc(Cl)cc1. The fourth-order valence-corrected chi connectivity index (χ4v) is 4.92. The van der Waals surface area contributed by atoms with Crippen molar-refractivity contribution in [2.45, 2.75) is 12.5 Å². The first-order valence-electron chi connectivity index (χ1n) is 10.1. The van der Waals surface area contributed by atoms with Crippen LogP contribution in [-0.4, -0.2) is 45.0 Å². The Morgan fingerprint density at radius 3 is 2.53 bits per heavy atom. The molecule has 2 heterocycles. The van der Waals surface area contributed by atoms with Crippen molar-refractivity contribution >= 4 is 56.9 Å². The van der Waals surface area contributed by atoms with Crippen molar-refractivity contribution < 1.29 is 14.4 Å². The molecule has 0 spiro atoms. The van der Waals surface area contributed by atoms with Gasteiger partial charge in [-0.15, -0.1) is 0 Å². The summed E-state index contributed by atoms with van der Waals surface area (Å²) in [5.41, 5.74) is 2.62. The molecule has 0 N–H and O–H groups in total. The second kappa shape index (κ2) is 8.41. The lowest BCUT2D eigenvalue weighted by molar-refractivity contribution is -0.137. The lowest BCUT2D eigenvalue weighted by Crippen LogP contribution is -2.40. The van der Waals surface area contributed by atoms with Gasteiger partial charge in [0.25, 0.3) is 11.1 Å². The molecule has 8 heteroatoms. The highest BCUT2D eigenvalue weighted by molar-refractivity contribution is 8.14.